The Morgan fingerprint density at radius 2 is 2.05 bits per heavy atom. The molecule has 1 aromatic heterocycles. The molecule has 2 aliphatic rings. The smallest absolute Gasteiger partial charge is 0.291 e. The average Bonchev–Trinajstić information content (AvgIpc) is 2.45. The molecule has 2 fully saturated rings. The van der Waals surface area contributed by atoms with Crippen molar-refractivity contribution in [3.05, 3.63) is 21.0 Å². The maximum Gasteiger partial charge on any atom is 0.291 e. The summed E-state index contributed by atoms with van der Waals surface area (Å²) in [5.74, 6) is 1.21. The van der Waals surface area contributed by atoms with Gasteiger partial charge in [0.25, 0.3) is 5.56 Å². The molecule has 1 aromatic rings. The van der Waals surface area contributed by atoms with Gasteiger partial charge in [-0.3, -0.25) is 4.79 Å². The van der Waals surface area contributed by atoms with E-state index in [2.05, 4.69) is 26.3 Å². The fourth-order valence-electron chi connectivity index (χ4n) is 2.88. The van der Waals surface area contributed by atoms with Crippen molar-refractivity contribution in [2.75, 3.05) is 25.1 Å². The Balaban J connectivity index is 1.67. The van der Waals surface area contributed by atoms with Crippen molar-refractivity contribution in [1.29, 1.82) is 0 Å². The molecule has 1 saturated carbocycles. The van der Waals surface area contributed by atoms with Gasteiger partial charge in [0.1, 0.15) is 5.69 Å². The Labute approximate surface area is 133 Å². The summed E-state index contributed by atoms with van der Waals surface area (Å²) < 4.78 is 7.73. The van der Waals surface area contributed by atoms with Crippen LogP contribution in [0.2, 0.25) is 0 Å². The largest absolute Gasteiger partial charge is 0.381 e. The molecule has 2 heterocycles. The summed E-state index contributed by atoms with van der Waals surface area (Å²) in [4.78, 5) is 12.5. The Hall–Kier alpha value is -0.880. The van der Waals surface area contributed by atoms with Gasteiger partial charge in [-0.05, 0) is 53.4 Å². The summed E-state index contributed by atoms with van der Waals surface area (Å²) in [5, 5.41) is 7.58. The number of hydrogen-bond donors (Lipinski definition) is 1. The summed E-state index contributed by atoms with van der Waals surface area (Å²) in [6.07, 6.45) is 7.57. The molecule has 0 bridgehead atoms. The Bertz CT molecular complexity index is 536. The lowest BCUT2D eigenvalue weighted by Crippen LogP contribution is -2.32. The first kappa shape index (κ1) is 15.0. The Morgan fingerprint density at radius 1 is 1.29 bits per heavy atom. The van der Waals surface area contributed by atoms with Gasteiger partial charge in [-0.2, -0.15) is 5.10 Å². The maximum atomic E-state index is 12.5. The summed E-state index contributed by atoms with van der Waals surface area (Å²) in [7, 11) is 0. The highest BCUT2D eigenvalue weighted by Gasteiger charge is 2.20. The molecule has 0 spiro atoms. The van der Waals surface area contributed by atoms with Crippen LogP contribution in [0.4, 0.5) is 5.69 Å². The van der Waals surface area contributed by atoms with Gasteiger partial charge in [0.15, 0.2) is 0 Å². The van der Waals surface area contributed by atoms with Crippen LogP contribution < -0.4 is 10.9 Å². The fraction of sp³-hybridized carbons (Fsp3) is 0.733. The first-order valence-corrected chi connectivity index (χ1v) is 8.60. The van der Waals surface area contributed by atoms with Gasteiger partial charge < -0.3 is 10.1 Å². The van der Waals surface area contributed by atoms with E-state index in [0.717, 1.165) is 43.6 Å². The lowest BCUT2D eigenvalue weighted by molar-refractivity contribution is 0.0699. The van der Waals surface area contributed by atoms with E-state index in [4.69, 9.17) is 4.74 Å². The van der Waals surface area contributed by atoms with E-state index in [9.17, 15) is 4.79 Å². The topological polar surface area (TPSA) is 56.1 Å². The van der Waals surface area contributed by atoms with Gasteiger partial charge >= 0.3 is 0 Å². The van der Waals surface area contributed by atoms with Crippen molar-refractivity contribution in [1.82, 2.24) is 9.78 Å². The van der Waals surface area contributed by atoms with Crippen LogP contribution in [0.5, 0.6) is 0 Å². The SMILES string of the molecule is O=c1c(NCC2CCOCC2)c(Br)cnn1CC1CCC1. The Morgan fingerprint density at radius 3 is 2.71 bits per heavy atom. The number of hydrogen-bond acceptors (Lipinski definition) is 4. The minimum absolute atomic E-state index is 0.0108. The third kappa shape index (κ3) is 3.66. The molecule has 1 aliphatic carbocycles. The molecule has 0 atom stereocenters. The van der Waals surface area contributed by atoms with Gasteiger partial charge in [0.2, 0.25) is 0 Å². The minimum atomic E-state index is -0.0108. The van der Waals surface area contributed by atoms with Crippen molar-refractivity contribution in [2.45, 2.75) is 38.6 Å². The standard InChI is InChI=1S/C15H22BrN3O2/c16-13-9-18-19(10-12-2-1-3-12)15(20)14(13)17-8-11-4-6-21-7-5-11/h9,11-12,17H,1-8,10H2. The van der Waals surface area contributed by atoms with Crippen LogP contribution in [-0.4, -0.2) is 29.5 Å². The molecule has 0 aromatic carbocycles. The summed E-state index contributed by atoms with van der Waals surface area (Å²) in [5.41, 5.74) is 0.638. The van der Waals surface area contributed by atoms with Crippen LogP contribution in [-0.2, 0) is 11.3 Å². The van der Waals surface area contributed by atoms with Gasteiger partial charge in [-0.15, -0.1) is 0 Å². The molecular formula is C15H22BrN3O2. The van der Waals surface area contributed by atoms with E-state index in [1.807, 2.05) is 0 Å². The summed E-state index contributed by atoms with van der Waals surface area (Å²) in [6, 6.07) is 0. The van der Waals surface area contributed by atoms with Gasteiger partial charge in [-0.1, -0.05) is 6.42 Å². The fourth-order valence-corrected chi connectivity index (χ4v) is 3.28. The molecule has 6 heteroatoms. The van der Waals surface area contributed by atoms with Crippen LogP contribution in [0.1, 0.15) is 32.1 Å². The van der Waals surface area contributed by atoms with Crippen LogP contribution in [0.25, 0.3) is 0 Å². The van der Waals surface area contributed by atoms with Crippen LogP contribution >= 0.6 is 15.9 Å². The molecule has 1 saturated heterocycles. The zero-order valence-corrected chi connectivity index (χ0v) is 13.8. The third-order valence-electron chi connectivity index (χ3n) is 4.56. The molecule has 3 rings (SSSR count). The minimum Gasteiger partial charge on any atom is -0.381 e. The monoisotopic (exact) mass is 355 g/mol. The van der Waals surface area contributed by atoms with Gasteiger partial charge in [0, 0.05) is 26.3 Å². The molecule has 0 unspecified atom stereocenters. The second-order valence-electron chi connectivity index (χ2n) is 6.09. The zero-order chi connectivity index (χ0) is 14.7. The first-order chi connectivity index (χ1) is 10.2. The molecule has 116 valence electrons. The molecule has 1 aliphatic heterocycles. The normalized spacial score (nSPS) is 20.2. The summed E-state index contributed by atoms with van der Waals surface area (Å²) in [6.45, 7) is 3.23. The van der Waals surface area contributed by atoms with Crippen molar-refractivity contribution in [3.63, 3.8) is 0 Å². The van der Waals surface area contributed by atoms with E-state index in [1.165, 1.54) is 19.3 Å². The number of rotatable bonds is 5. The van der Waals surface area contributed by atoms with Crippen molar-refractivity contribution in [3.8, 4) is 0 Å². The van der Waals surface area contributed by atoms with E-state index < -0.39 is 0 Å². The second kappa shape index (κ2) is 6.92. The van der Waals surface area contributed by atoms with Gasteiger partial charge in [-0.25, -0.2) is 4.68 Å². The molecule has 21 heavy (non-hydrogen) atoms. The highest BCUT2D eigenvalue weighted by atomic mass is 79.9. The predicted octanol–water partition coefficient (Wildman–Crippen LogP) is 2.64. The number of ether oxygens (including phenoxy) is 1. The van der Waals surface area contributed by atoms with Crippen molar-refractivity contribution in [2.24, 2.45) is 11.8 Å². The first-order valence-electron chi connectivity index (χ1n) is 7.81. The van der Waals surface area contributed by atoms with Crippen LogP contribution in [0, 0.1) is 11.8 Å². The van der Waals surface area contributed by atoms with E-state index in [1.54, 1.807) is 10.9 Å². The van der Waals surface area contributed by atoms with Crippen molar-refractivity contribution < 1.29 is 4.74 Å². The van der Waals surface area contributed by atoms with Crippen LogP contribution in [0.15, 0.2) is 15.5 Å². The molecular weight excluding hydrogens is 334 g/mol. The number of nitrogens with zero attached hydrogens (tertiary/aromatic N) is 2. The van der Waals surface area contributed by atoms with Gasteiger partial charge in [0.05, 0.1) is 10.7 Å². The van der Waals surface area contributed by atoms with E-state index >= 15 is 0 Å². The molecule has 0 amide bonds. The van der Waals surface area contributed by atoms with E-state index in [-0.39, 0.29) is 5.56 Å². The number of anilines is 1. The predicted molar refractivity (Wildman–Crippen MR) is 85.6 cm³/mol. The number of aromatic nitrogens is 2. The highest BCUT2D eigenvalue weighted by molar-refractivity contribution is 9.10. The molecule has 0 radical (unpaired) electrons. The second-order valence-corrected chi connectivity index (χ2v) is 6.94. The van der Waals surface area contributed by atoms with E-state index in [0.29, 0.717) is 17.5 Å². The zero-order valence-electron chi connectivity index (χ0n) is 12.2. The Kier molecular flexibility index (Phi) is 4.95. The number of halogens is 1. The highest BCUT2D eigenvalue weighted by Crippen LogP contribution is 2.27. The van der Waals surface area contributed by atoms with Crippen LogP contribution in [0.3, 0.4) is 0 Å². The third-order valence-corrected chi connectivity index (χ3v) is 5.16. The lowest BCUT2D eigenvalue weighted by Gasteiger charge is -2.26. The summed E-state index contributed by atoms with van der Waals surface area (Å²) >= 11 is 3.44. The van der Waals surface area contributed by atoms with Crippen molar-refractivity contribution >= 4 is 21.6 Å². The molecule has 1 N–H and O–H groups in total. The average molecular weight is 356 g/mol. The quantitative estimate of drug-likeness (QED) is 0.881. The number of nitrogens with one attached hydrogen (secondary N) is 1. The lowest BCUT2D eigenvalue weighted by atomic mass is 9.85. The molecule has 5 nitrogen and oxygen atoms in total. The maximum absolute atomic E-state index is 12.5.